The first-order valence-electron chi connectivity index (χ1n) is 5.78. The topological polar surface area (TPSA) is 133 Å². The van der Waals surface area contributed by atoms with Crippen LogP contribution in [0.1, 0.15) is 17.4 Å². The van der Waals surface area contributed by atoms with Crippen molar-refractivity contribution >= 4 is 11.9 Å². The monoisotopic (exact) mass is 283 g/mol. The predicted octanol–water partition coefficient (Wildman–Crippen LogP) is -1.62. The summed E-state index contributed by atoms with van der Waals surface area (Å²) in [4.78, 5) is 50.1. The Morgan fingerprint density at radius 3 is 2.60 bits per heavy atom. The number of carbonyl (C=O) groups excluding carboxylic acids is 1. The van der Waals surface area contributed by atoms with Crippen LogP contribution < -0.4 is 11.2 Å². The average Bonchev–Trinajstić information content (AvgIpc) is 2.31. The van der Waals surface area contributed by atoms with E-state index in [1.165, 1.54) is 4.90 Å². The predicted molar refractivity (Wildman–Crippen MR) is 65.6 cm³/mol. The van der Waals surface area contributed by atoms with Crippen molar-refractivity contribution in [3.8, 4) is 0 Å². The lowest BCUT2D eigenvalue weighted by Gasteiger charge is -2.47. The maximum atomic E-state index is 12.0. The molecule has 1 saturated heterocycles. The van der Waals surface area contributed by atoms with Crippen molar-refractivity contribution in [1.82, 2.24) is 14.9 Å². The number of carboxylic acid groups (broad SMARTS) is 1. The van der Waals surface area contributed by atoms with Gasteiger partial charge in [0.15, 0.2) is 0 Å². The SMILES string of the molecule is CC1(OCC(=O)O)CN(C(=O)c2cc(=O)[nH]c(=O)[nH]2)C1. The third-order valence-corrected chi connectivity index (χ3v) is 2.87. The number of hydrogen-bond donors (Lipinski definition) is 3. The van der Waals surface area contributed by atoms with Crippen LogP contribution in [0.3, 0.4) is 0 Å². The highest BCUT2D eigenvalue weighted by Crippen LogP contribution is 2.25. The summed E-state index contributed by atoms with van der Waals surface area (Å²) in [6.07, 6.45) is 0. The number of likely N-dealkylation sites (tertiary alicyclic amines) is 1. The number of hydrogen-bond acceptors (Lipinski definition) is 5. The highest BCUT2D eigenvalue weighted by molar-refractivity contribution is 5.92. The zero-order valence-corrected chi connectivity index (χ0v) is 10.6. The number of ether oxygens (including phenoxy) is 1. The van der Waals surface area contributed by atoms with Gasteiger partial charge in [-0.15, -0.1) is 0 Å². The summed E-state index contributed by atoms with van der Waals surface area (Å²) in [7, 11) is 0. The van der Waals surface area contributed by atoms with E-state index < -0.39 is 35.3 Å². The number of H-pyrrole nitrogens is 2. The average molecular weight is 283 g/mol. The molecule has 1 amide bonds. The third-order valence-electron chi connectivity index (χ3n) is 2.87. The number of nitrogens with zero attached hydrogens (tertiary/aromatic N) is 1. The fourth-order valence-corrected chi connectivity index (χ4v) is 1.99. The maximum Gasteiger partial charge on any atom is 0.329 e. The lowest BCUT2D eigenvalue weighted by Crippen LogP contribution is -2.63. The maximum absolute atomic E-state index is 12.0. The molecule has 108 valence electrons. The van der Waals surface area contributed by atoms with Crippen LogP contribution in [-0.2, 0) is 9.53 Å². The van der Waals surface area contributed by atoms with Crippen LogP contribution in [0.2, 0.25) is 0 Å². The Bertz CT molecular complexity index is 626. The first kappa shape index (κ1) is 14.0. The molecule has 1 aromatic heterocycles. The minimum atomic E-state index is -1.09. The van der Waals surface area contributed by atoms with Crippen molar-refractivity contribution in [2.75, 3.05) is 19.7 Å². The van der Waals surface area contributed by atoms with Crippen molar-refractivity contribution in [3.05, 3.63) is 32.6 Å². The quantitative estimate of drug-likeness (QED) is 0.608. The molecule has 0 radical (unpaired) electrons. The molecule has 0 atom stereocenters. The summed E-state index contributed by atoms with van der Waals surface area (Å²) in [6.45, 7) is 1.61. The first-order valence-corrected chi connectivity index (χ1v) is 5.78. The van der Waals surface area contributed by atoms with Gasteiger partial charge in [0.25, 0.3) is 11.5 Å². The van der Waals surface area contributed by atoms with Crippen molar-refractivity contribution in [1.29, 1.82) is 0 Å². The number of amides is 1. The molecular weight excluding hydrogens is 270 g/mol. The molecule has 20 heavy (non-hydrogen) atoms. The minimum absolute atomic E-state index is 0.112. The molecule has 1 aliphatic rings. The molecule has 0 aliphatic carbocycles. The van der Waals surface area contributed by atoms with Gasteiger partial charge in [-0.1, -0.05) is 0 Å². The van der Waals surface area contributed by atoms with Gasteiger partial charge in [-0.05, 0) is 6.92 Å². The van der Waals surface area contributed by atoms with Crippen molar-refractivity contribution in [2.45, 2.75) is 12.5 Å². The van der Waals surface area contributed by atoms with Crippen LogP contribution in [0.5, 0.6) is 0 Å². The second-order valence-corrected chi connectivity index (χ2v) is 4.79. The summed E-state index contributed by atoms with van der Waals surface area (Å²) >= 11 is 0. The molecule has 0 bridgehead atoms. The number of aromatic nitrogens is 2. The molecular formula is C11H13N3O6. The molecule has 1 aliphatic heterocycles. The van der Waals surface area contributed by atoms with Crippen LogP contribution in [0.4, 0.5) is 0 Å². The number of rotatable bonds is 4. The van der Waals surface area contributed by atoms with Crippen LogP contribution in [-0.4, -0.2) is 57.1 Å². The van der Waals surface area contributed by atoms with Gasteiger partial charge in [-0.2, -0.15) is 0 Å². The van der Waals surface area contributed by atoms with Gasteiger partial charge in [0, 0.05) is 6.07 Å². The molecule has 0 unspecified atom stereocenters. The third kappa shape index (κ3) is 2.94. The molecule has 1 aromatic rings. The minimum Gasteiger partial charge on any atom is -0.480 e. The molecule has 0 aromatic carbocycles. The molecule has 9 heteroatoms. The van der Waals surface area contributed by atoms with Crippen LogP contribution in [0.25, 0.3) is 0 Å². The Balaban J connectivity index is 2.01. The lowest BCUT2D eigenvalue weighted by atomic mass is 9.96. The summed E-state index contributed by atoms with van der Waals surface area (Å²) < 4.78 is 5.16. The van der Waals surface area contributed by atoms with Gasteiger partial charge in [-0.3, -0.25) is 14.6 Å². The number of carboxylic acids is 1. The van der Waals surface area contributed by atoms with E-state index in [0.717, 1.165) is 6.07 Å². The van der Waals surface area contributed by atoms with E-state index in [4.69, 9.17) is 9.84 Å². The molecule has 2 rings (SSSR count). The summed E-state index contributed by atoms with van der Waals surface area (Å²) in [5, 5.41) is 8.53. The second kappa shape index (κ2) is 4.93. The molecule has 0 saturated carbocycles. The Labute approximate surface area is 112 Å². The van der Waals surface area contributed by atoms with Crippen LogP contribution in [0, 0.1) is 0 Å². The first-order chi connectivity index (χ1) is 9.29. The van der Waals surface area contributed by atoms with Gasteiger partial charge in [0.05, 0.1) is 13.1 Å². The van der Waals surface area contributed by atoms with Crippen molar-refractivity contribution in [3.63, 3.8) is 0 Å². The molecule has 3 N–H and O–H groups in total. The molecule has 1 fully saturated rings. The smallest absolute Gasteiger partial charge is 0.329 e. The van der Waals surface area contributed by atoms with Gasteiger partial charge in [0.1, 0.15) is 17.9 Å². The highest BCUT2D eigenvalue weighted by Gasteiger charge is 2.43. The van der Waals surface area contributed by atoms with E-state index in [9.17, 15) is 19.2 Å². The Kier molecular flexibility index (Phi) is 3.45. The van der Waals surface area contributed by atoms with Crippen molar-refractivity contribution < 1.29 is 19.4 Å². The van der Waals surface area contributed by atoms with Crippen LogP contribution in [0.15, 0.2) is 15.7 Å². The standard InChI is InChI=1S/C11H13N3O6/c1-11(20-3-8(16)17)4-14(5-11)9(18)6-2-7(15)13-10(19)12-6/h2H,3-5H2,1H3,(H,16,17)(H2,12,13,15,19). The van der Waals surface area contributed by atoms with E-state index in [0.29, 0.717) is 0 Å². The Morgan fingerprint density at radius 2 is 2.05 bits per heavy atom. The fourth-order valence-electron chi connectivity index (χ4n) is 1.99. The van der Waals surface area contributed by atoms with Gasteiger partial charge < -0.3 is 19.7 Å². The van der Waals surface area contributed by atoms with Crippen LogP contribution >= 0.6 is 0 Å². The van der Waals surface area contributed by atoms with E-state index in [-0.39, 0.29) is 18.8 Å². The van der Waals surface area contributed by atoms with E-state index >= 15 is 0 Å². The highest BCUT2D eigenvalue weighted by atomic mass is 16.5. The zero-order valence-electron chi connectivity index (χ0n) is 10.6. The number of aliphatic carboxylic acids is 1. The number of nitrogens with one attached hydrogen (secondary N) is 2. The molecule has 9 nitrogen and oxygen atoms in total. The van der Waals surface area contributed by atoms with E-state index in [1.807, 2.05) is 4.98 Å². The van der Waals surface area contributed by atoms with Gasteiger partial charge in [0.2, 0.25) is 0 Å². The fraction of sp³-hybridized carbons (Fsp3) is 0.455. The summed E-state index contributed by atoms with van der Waals surface area (Å²) in [5.41, 5.74) is -2.26. The molecule has 2 heterocycles. The summed E-state index contributed by atoms with van der Waals surface area (Å²) in [5.74, 6) is -1.60. The second-order valence-electron chi connectivity index (χ2n) is 4.79. The molecule has 0 spiro atoms. The largest absolute Gasteiger partial charge is 0.480 e. The Hall–Kier alpha value is -2.42. The van der Waals surface area contributed by atoms with E-state index in [1.54, 1.807) is 6.92 Å². The lowest BCUT2D eigenvalue weighted by molar-refractivity contribution is -0.159. The van der Waals surface area contributed by atoms with Gasteiger partial charge >= 0.3 is 11.7 Å². The Morgan fingerprint density at radius 1 is 1.40 bits per heavy atom. The van der Waals surface area contributed by atoms with Crippen molar-refractivity contribution in [2.24, 2.45) is 0 Å². The summed E-state index contributed by atoms with van der Waals surface area (Å²) in [6, 6.07) is 0.998. The number of aromatic amines is 2. The zero-order chi connectivity index (χ0) is 14.9. The number of carbonyl (C=O) groups is 2. The normalized spacial score (nSPS) is 16.6. The van der Waals surface area contributed by atoms with Gasteiger partial charge in [-0.25, -0.2) is 9.59 Å². The van der Waals surface area contributed by atoms with E-state index in [2.05, 4.69) is 4.98 Å².